The normalized spacial score (nSPS) is 28.8. The molecule has 0 aromatic carbocycles. The van der Waals surface area contributed by atoms with Gasteiger partial charge in [-0.2, -0.15) is 4.98 Å². The van der Waals surface area contributed by atoms with Crippen LogP contribution in [-0.2, 0) is 9.57 Å². The van der Waals surface area contributed by atoms with Gasteiger partial charge in [0.25, 0.3) is 0 Å². The summed E-state index contributed by atoms with van der Waals surface area (Å²) in [7, 11) is 0. The summed E-state index contributed by atoms with van der Waals surface area (Å²) in [4.78, 5) is 20.3. The lowest BCUT2D eigenvalue weighted by molar-refractivity contribution is -0.0355. The quantitative estimate of drug-likeness (QED) is 0.510. The first-order chi connectivity index (χ1) is 9.95. The third kappa shape index (κ3) is 3.21. The maximum absolute atomic E-state index is 13.9. The van der Waals surface area contributed by atoms with Gasteiger partial charge in [-0.25, -0.2) is 14.7 Å². The van der Waals surface area contributed by atoms with Crippen LogP contribution in [0.3, 0.4) is 0 Å². The van der Waals surface area contributed by atoms with Crippen LogP contribution in [-0.4, -0.2) is 44.7 Å². The van der Waals surface area contributed by atoms with E-state index >= 15 is 0 Å². The topological polar surface area (TPSA) is 106 Å². The highest BCUT2D eigenvalue weighted by molar-refractivity contribution is 5.31. The van der Waals surface area contributed by atoms with Crippen LogP contribution in [0.2, 0.25) is 0 Å². The zero-order valence-corrected chi connectivity index (χ0v) is 11.7. The van der Waals surface area contributed by atoms with Crippen molar-refractivity contribution in [2.75, 3.05) is 12.1 Å². The molecule has 2 heterocycles. The van der Waals surface area contributed by atoms with E-state index in [1.54, 1.807) is 0 Å². The highest BCUT2D eigenvalue weighted by Gasteiger charge is 2.42. The number of nitrogens with zero attached hydrogens (tertiary/aromatic N) is 2. The Morgan fingerprint density at radius 3 is 2.81 bits per heavy atom. The molecule has 1 saturated heterocycles. The van der Waals surface area contributed by atoms with Crippen LogP contribution >= 0.6 is 0 Å². The number of rotatable bonds is 5. The Morgan fingerprint density at radius 2 is 2.24 bits per heavy atom. The van der Waals surface area contributed by atoms with Gasteiger partial charge in [0.2, 0.25) is 0 Å². The van der Waals surface area contributed by atoms with Crippen LogP contribution in [0.1, 0.15) is 26.5 Å². The van der Waals surface area contributed by atoms with Crippen molar-refractivity contribution >= 4 is 5.82 Å². The molecule has 0 radical (unpaired) electrons. The Morgan fingerprint density at radius 1 is 1.52 bits per heavy atom. The van der Waals surface area contributed by atoms with Gasteiger partial charge in [-0.3, -0.25) is 9.40 Å². The molecule has 9 heteroatoms. The smallest absolute Gasteiger partial charge is 0.351 e. The Labute approximate surface area is 120 Å². The van der Waals surface area contributed by atoms with Gasteiger partial charge < -0.3 is 14.9 Å². The molecule has 0 unspecified atom stereocenters. The van der Waals surface area contributed by atoms with Crippen LogP contribution in [0.25, 0.3) is 0 Å². The Balaban J connectivity index is 2.23. The highest BCUT2D eigenvalue weighted by atomic mass is 19.1. The Kier molecular flexibility index (Phi) is 4.88. The van der Waals surface area contributed by atoms with Crippen molar-refractivity contribution in [1.29, 1.82) is 0 Å². The molecule has 1 fully saturated rings. The predicted octanol–water partition coefficient (Wildman–Crippen LogP) is -0.225. The molecule has 0 amide bonds. The summed E-state index contributed by atoms with van der Waals surface area (Å²) in [6.45, 7) is 3.74. The Bertz CT molecular complexity index is 552. The zero-order chi connectivity index (χ0) is 15.6. The van der Waals surface area contributed by atoms with E-state index in [1.807, 2.05) is 6.92 Å². The lowest BCUT2D eigenvalue weighted by atomic mass is 10.1. The van der Waals surface area contributed by atoms with E-state index in [0.29, 0.717) is 13.0 Å². The summed E-state index contributed by atoms with van der Waals surface area (Å²) in [5.41, 5.74) is 1.42. The summed E-state index contributed by atoms with van der Waals surface area (Å²) in [6, 6.07) is 0. The highest BCUT2D eigenvalue weighted by Crippen LogP contribution is 2.28. The van der Waals surface area contributed by atoms with Crippen LogP contribution in [0.15, 0.2) is 11.0 Å². The third-order valence-corrected chi connectivity index (χ3v) is 3.13. The lowest BCUT2D eigenvalue weighted by Crippen LogP contribution is -2.36. The molecule has 1 aliphatic heterocycles. The monoisotopic (exact) mass is 303 g/mol. The van der Waals surface area contributed by atoms with Crippen molar-refractivity contribution in [3.05, 3.63) is 22.5 Å². The van der Waals surface area contributed by atoms with Gasteiger partial charge in [0.1, 0.15) is 12.2 Å². The number of nitrogens with one attached hydrogen (secondary N) is 1. The van der Waals surface area contributed by atoms with E-state index in [9.17, 15) is 19.4 Å². The van der Waals surface area contributed by atoms with Gasteiger partial charge in [-0.1, -0.05) is 6.92 Å². The molecule has 0 aliphatic carbocycles. The molecular formula is C12H18FN3O5. The van der Waals surface area contributed by atoms with Gasteiger partial charge >= 0.3 is 5.69 Å². The van der Waals surface area contributed by atoms with Crippen molar-refractivity contribution in [3.8, 4) is 0 Å². The SMILES string of the molecule is CCCONc1nc(=O)n([C@@H]2O[C@H](C)[C@@H](O)[C@H]2O)cc1F. The van der Waals surface area contributed by atoms with Gasteiger partial charge in [-0.05, 0) is 13.3 Å². The molecule has 1 aromatic rings. The number of aliphatic hydroxyl groups excluding tert-OH is 2. The summed E-state index contributed by atoms with van der Waals surface area (Å²) >= 11 is 0. The molecule has 2 rings (SSSR count). The third-order valence-electron chi connectivity index (χ3n) is 3.13. The van der Waals surface area contributed by atoms with Crippen molar-refractivity contribution in [2.45, 2.75) is 44.8 Å². The Hall–Kier alpha value is -1.55. The predicted molar refractivity (Wildman–Crippen MR) is 69.9 cm³/mol. The summed E-state index contributed by atoms with van der Waals surface area (Å²) < 4.78 is 19.9. The minimum Gasteiger partial charge on any atom is -0.388 e. The first-order valence-corrected chi connectivity index (χ1v) is 6.63. The van der Waals surface area contributed by atoms with Crippen molar-refractivity contribution < 1.29 is 24.2 Å². The van der Waals surface area contributed by atoms with E-state index in [0.717, 1.165) is 10.8 Å². The first kappa shape index (κ1) is 15.8. The van der Waals surface area contributed by atoms with Gasteiger partial charge in [0, 0.05) is 0 Å². The number of hydrogen-bond acceptors (Lipinski definition) is 7. The lowest BCUT2D eigenvalue weighted by Gasteiger charge is -2.17. The van der Waals surface area contributed by atoms with E-state index in [-0.39, 0.29) is 5.82 Å². The second kappa shape index (κ2) is 6.48. The van der Waals surface area contributed by atoms with Crippen LogP contribution in [0.5, 0.6) is 0 Å². The van der Waals surface area contributed by atoms with Crippen molar-refractivity contribution in [1.82, 2.24) is 9.55 Å². The zero-order valence-electron chi connectivity index (χ0n) is 11.7. The molecule has 118 valence electrons. The fraction of sp³-hybridized carbons (Fsp3) is 0.667. The minimum atomic E-state index is -1.34. The van der Waals surface area contributed by atoms with E-state index in [4.69, 9.17) is 9.57 Å². The van der Waals surface area contributed by atoms with E-state index < -0.39 is 36.0 Å². The molecule has 0 bridgehead atoms. The van der Waals surface area contributed by atoms with E-state index in [1.165, 1.54) is 6.92 Å². The minimum absolute atomic E-state index is 0.332. The van der Waals surface area contributed by atoms with Crippen molar-refractivity contribution in [3.63, 3.8) is 0 Å². The molecule has 21 heavy (non-hydrogen) atoms. The average molecular weight is 303 g/mol. The summed E-state index contributed by atoms with van der Waals surface area (Å²) in [5, 5.41) is 19.4. The maximum Gasteiger partial charge on any atom is 0.351 e. The molecule has 8 nitrogen and oxygen atoms in total. The number of anilines is 1. The van der Waals surface area contributed by atoms with Crippen molar-refractivity contribution in [2.24, 2.45) is 0 Å². The number of hydrogen-bond donors (Lipinski definition) is 3. The number of aliphatic hydroxyl groups is 2. The van der Waals surface area contributed by atoms with Crippen LogP contribution in [0, 0.1) is 5.82 Å². The summed E-state index contributed by atoms with van der Waals surface area (Å²) in [5.74, 6) is -1.18. The fourth-order valence-electron chi connectivity index (χ4n) is 1.98. The molecule has 1 aliphatic rings. The molecule has 1 aromatic heterocycles. The maximum atomic E-state index is 13.9. The largest absolute Gasteiger partial charge is 0.388 e. The molecule has 3 N–H and O–H groups in total. The molecule has 4 atom stereocenters. The van der Waals surface area contributed by atoms with E-state index in [2.05, 4.69) is 10.5 Å². The standard InChI is InChI=1S/C12H18FN3O5/c1-3-4-20-15-10-7(13)5-16(12(19)14-10)11-9(18)8(17)6(2)21-11/h5-6,8-9,11,17-18H,3-4H2,1-2H3,(H,14,15,19)/t6-,8-,9-,11-/m1/s1. The second-order valence-corrected chi connectivity index (χ2v) is 4.79. The van der Waals surface area contributed by atoms with Gasteiger partial charge in [0.05, 0.1) is 18.9 Å². The fourth-order valence-corrected chi connectivity index (χ4v) is 1.98. The second-order valence-electron chi connectivity index (χ2n) is 4.79. The first-order valence-electron chi connectivity index (χ1n) is 6.63. The summed E-state index contributed by atoms with van der Waals surface area (Å²) in [6.07, 6.45) is -2.79. The molecule has 0 saturated carbocycles. The molecular weight excluding hydrogens is 285 g/mol. The number of halogens is 1. The van der Waals surface area contributed by atoms with Crippen LogP contribution < -0.4 is 11.2 Å². The number of ether oxygens (including phenoxy) is 1. The van der Waals surface area contributed by atoms with Gasteiger partial charge in [0.15, 0.2) is 17.9 Å². The number of aromatic nitrogens is 2. The average Bonchev–Trinajstić information content (AvgIpc) is 2.70. The molecule has 0 spiro atoms. The van der Waals surface area contributed by atoms with Crippen LogP contribution in [0.4, 0.5) is 10.2 Å². The van der Waals surface area contributed by atoms with Gasteiger partial charge in [-0.15, -0.1) is 0 Å².